The van der Waals surface area contributed by atoms with Gasteiger partial charge in [-0.05, 0) is 11.6 Å². The van der Waals surface area contributed by atoms with Crippen LogP contribution in [0.2, 0.25) is 0 Å². The summed E-state index contributed by atoms with van der Waals surface area (Å²) in [7, 11) is 1.26. The number of carbonyl (C=O) groups excluding carboxylic acids is 2. The summed E-state index contributed by atoms with van der Waals surface area (Å²) >= 11 is 0. The SMILES string of the molecule is Cc1nc(-c2cccc(CN(C)C(=O)OC(C=O)C(F)(F)F)c2)no1. The second-order valence-electron chi connectivity index (χ2n) is 5.18. The van der Waals surface area contributed by atoms with Crippen LogP contribution < -0.4 is 0 Å². The van der Waals surface area contributed by atoms with Gasteiger partial charge in [-0.3, -0.25) is 4.79 Å². The fourth-order valence-corrected chi connectivity index (χ4v) is 1.93. The predicted octanol–water partition coefficient (Wildman–Crippen LogP) is 2.74. The summed E-state index contributed by atoms with van der Waals surface area (Å²) in [5.74, 6) is 0.732. The highest BCUT2D eigenvalue weighted by atomic mass is 19.4. The van der Waals surface area contributed by atoms with E-state index in [1.165, 1.54) is 7.05 Å². The molecule has 1 aromatic carbocycles. The van der Waals surface area contributed by atoms with Crippen molar-refractivity contribution in [2.45, 2.75) is 25.7 Å². The summed E-state index contributed by atoms with van der Waals surface area (Å²) in [4.78, 5) is 27.1. The van der Waals surface area contributed by atoms with Crippen LogP contribution in [0, 0.1) is 6.92 Å². The molecule has 134 valence electrons. The Hall–Kier alpha value is -2.91. The van der Waals surface area contributed by atoms with Crippen molar-refractivity contribution in [1.29, 1.82) is 0 Å². The van der Waals surface area contributed by atoms with Gasteiger partial charge in [0.1, 0.15) is 0 Å². The van der Waals surface area contributed by atoms with Crippen molar-refractivity contribution in [2.75, 3.05) is 7.05 Å². The molecule has 1 aromatic heterocycles. The first-order valence-corrected chi connectivity index (χ1v) is 7.04. The minimum atomic E-state index is -4.95. The molecule has 0 fully saturated rings. The smallest absolute Gasteiger partial charge is 0.429 e. The highest BCUT2D eigenvalue weighted by molar-refractivity contribution is 5.71. The van der Waals surface area contributed by atoms with Crippen LogP contribution >= 0.6 is 0 Å². The zero-order chi connectivity index (χ0) is 18.6. The van der Waals surface area contributed by atoms with E-state index in [1.54, 1.807) is 31.2 Å². The average Bonchev–Trinajstić information content (AvgIpc) is 2.98. The van der Waals surface area contributed by atoms with Crippen molar-refractivity contribution >= 4 is 12.4 Å². The van der Waals surface area contributed by atoms with Crippen molar-refractivity contribution < 1.29 is 32.0 Å². The van der Waals surface area contributed by atoms with E-state index in [2.05, 4.69) is 14.9 Å². The van der Waals surface area contributed by atoms with E-state index in [0.717, 1.165) is 4.90 Å². The largest absolute Gasteiger partial charge is 0.432 e. The minimum absolute atomic E-state index is 0.0348. The molecule has 0 N–H and O–H groups in total. The number of rotatable bonds is 5. The van der Waals surface area contributed by atoms with E-state index in [9.17, 15) is 22.8 Å². The Bertz CT molecular complexity index is 760. The van der Waals surface area contributed by atoms with Crippen LogP contribution in [0.4, 0.5) is 18.0 Å². The van der Waals surface area contributed by atoms with Gasteiger partial charge in [-0.15, -0.1) is 0 Å². The van der Waals surface area contributed by atoms with Crippen LogP contribution in [-0.4, -0.2) is 46.7 Å². The molecule has 10 heteroatoms. The van der Waals surface area contributed by atoms with Crippen LogP contribution in [0.3, 0.4) is 0 Å². The summed E-state index contributed by atoms with van der Waals surface area (Å²) in [6, 6.07) is 6.73. The molecule has 0 spiro atoms. The molecule has 0 radical (unpaired) electrons. The Kier molecular flexibility index (Phi) is 5.40. The molecule has 1 unspecified atom stereocenters. The van der Waals surface area contributed by atoms with Gasteiger partial charge in [0.05, 0.1) is 0 Å². The lowest BCUT2D eigenvalue weighted by Gasteiger charge is -2.21. The molecule has 2 rings (SSSR count). The van der Waals surface area contributed by atoms with Crippen molar-refractivity contribution in [3.63, 3.8) is 0 Å². The molecule has 0 bridgehead atoms. The van der Waals surface area contributed by atoms with E-state index in [4.69, 9.17) is 4.52 Å². The molecule has 1 atom stereocenters. The highest BCUT2D eigenvalue weighted by Crippen LogP contribution is 2.22. The Balaban J connectivity index is 2.06. The molecule has 0 aliphatic rings. The van der Waals surface area contributed by atoms with Crippen molar-refractivity contribution in [2.24, 2.45) is 0 Å². The zero-order valence-corrected chi connectivity index (χ0v) is 13.3. The van der Waals surface area contributed by atoms with Crippen molar-refractivity contribution in [1.82, 2.24) is 15.0 Å². The number of alkyl halides is 3. The Morgan fingerprint density at radius 1 is 1.44 bits per heavy atom. The zero-order valence-electron chi connectivity index (χ0n) is 13.3. The maximum Gasteiger partial charge on any atom is 0.432 e. The molecule has 7 nitrogen and oxygen atoms in total. The second-order valence-corrected chi connectivity index (χ2v) is 5.18. The Morgan fingerprint density at radius 3 is 2.72 bits per heavy atom. The normalized spacial score (nSPS) is 12.5. The number of nitrogens with zero attached hydrogens (tertiary/aromatic N) is 3. The number of carbonyl (C=O) groups is 2. The van der Waals surface area contributed by atoms with Crippen LogP contribution in [0.15, 0.2) is 28.8 Å². The molecule has 2 aromatic rings. The first-order chi connectivity index (χ1) is 11.7. The summed E-state index contributed by atoms with van der Waals surface area (Å²) in [5, 5.41) is 3.76. The molecule has 0 aliphatic heterocycles. The quantitative estimate of drug-likeness (QED) is 0.765. The summed E-state index contributed by atoms with van der Waals surface area (Å²) in [5.41, 5.74) is 1.23. The number of aldehydes is 1. The number of aromatic nitrogens is 2. The monoisotopic (exact) mass is 357 g/mol. The lowest BCUT2D eigenvalue weighted by molar-refractivity contribution is -0.199. The second kappa shape index (κ2) is 7.32. The summed E-state index contributed by atoms with van der Waals surface area (Å²) < 4.78 is 46.4. The number of halogens is 3. The van der Waals surface area contributed by atoms with Gasteiger partial charge >= 0.3 is 12.3 Å². The predicted molar refractivity (Wildman–Crippen MR) is 78.3 cm³/mol. The molecular formula is C15H14F3N3O4. The maximum atomic E-state index is 12.5. The van der Waals surface area contributed by atoms with Gasteiger partial charge in [-0.25, -0.2) is 4.79 Å². The van der Waals surface area contributed by atoms with Crippen LogP contribution in [0.1, 0.15) is 11.5 Å². The lowest BCUT2D eigenvalue weighted by atomic mass is 10.1. The summed E-state index contributed by atoms with van der Waals surface area (Å²) in [6.07, 6.45) is -9.48. The number of ether oxygens (including phenoxy) is 1. The third kappa shape index (κ3) is 4.78. The van der Waals surface area contributed by atoms with Gasteiger partial charge < -0.3 is 14.2 Å². The maximum absolute atomic E-state index is 12.5. The molecular weight excluding hydrogens is 343 g/mol. The third-order valence-electron chi connectivity index (χ3n) is 3.12. The van der Waals surface area contributed by atoms with Crippen molar-refractivity contribution in [3.05, 3.63) is 35.7 Å². The Morgan fingerprint density at radius 2 is 2.16 bits per heavy atom. The number of hydrogen-bond donors (Lipinski definition) is 0. The standard InChI is InChI=1S/C15H14F3N3O4/c1-9-19-13(20-25-9)11-5-3-4-10(6-11)7-21(2)14(23)24-12(8-22)15(16,17)18/h3-6,8,12H,7H2,1-2H3. The van der Waals surface area contributed by atoms with Gasteiger partial charge in [-0.1, -0.05) is 23.4 Å². The van der Waals surface area contributed by atoms with Gasteiger partial charge in [0.25, 0.3) is 6.10 Å². The van der Waals surface area contributed by atoms with Gasteiger partial charge in [-0.2, -0.15) is 18.2 Å². The molecule has 1 amide bonds. The van der Waals surface area contributed by atoms with Crippen LogP contribution in [-0.2, 0) is 16.1 Å². The average molecular weight is 357 g/mol. The van der Waals surface area contributed by atoms with Crippen LogP contribution in [0.5, 0.6) is 0 Å². The number of hydrogen-bond acceptors (Lipinski definition) is 6. The van der Waals surface area contributed by atoms with Gasteiger partial charge in [0, 0.05) is 26.1 Å². The van der Waals surface area contributed by atoms with Crippen LogP contribution in [0.25, 0.3) is 11.4 Å². The molecule has 1 heterocycles. The molecule has 0 aliphatic carbocycles. The van der Waals surface area contributed by atoms with E-state index in [0.29, 0.717) is 22.8 Å². The van der Waals surface area contributed by atoms with E-state index < -0.39 is 24.7 Å². The fourth-order valence-electron chi connectivity index (χ4n) is 1.93. The van der Waals surface area contributed by atoms with Gasteiger partial charge in [0.2, 0.25) is 11.7 Å². The number of amides is 1. The summed E-state index contributed by atoms with van der Waals surface area (Å²) in [6.45, 7) is 1.60. The van der Waals surface area contributed by atoms with Crippen molar-refractivity contribution in [3.8, 4) is 11.4 Å². The molecule has 0 saturated heterocycles. The van der Waals surface area contributed by atoms with Gasteiger partial charge in [0.15, 0.2) is 6.29 Å². The molecule has 25 heavy (non-hydrogen) atoms. The topological polar surface area (TPSA) is 85.5 Å². The highest BCUT2D eigenvalue weighted by Gasteiger charge is 2.43. The number of aryl methyl sites for hydroxylation is 1. The first kappa shape index (κ1) is 18.4. The first-order valence-electron chi connectivity index (χ1n) is 7.04. The fraction of sp³-hybridized carbons (Fsp3) is 0.333. The minimum Gasteiger partial charge on any atom is -0.429 e. The number of benzene rings is 1. The Labute approximate surface area is 140 Å². The third-order valence-corrected chi connectivity index (χ3v) is 3.12. The van der Waals surface area contributed by atoms with E-state index >= 15 is 0 Å². The lowest BCUT2D eigenvalue weighted by Crippen LogP contribution is -2.39. The molecule has 0 saturated carbocycles. The van der Waals surface area contributed by atoms with E-state index in [1.807, 2.05) is 0 Å². The van der Waals surface area contributed by atoms with E-state index in [-0.39, 0.29) is 6.54 Å².